The molecular formula is C47H38Br2ClN5O6. The third-order valence-corrected chi connectivity index (χ3v) is 15.0. The standard InChI is InChI=1S/C47H38Br2ClN5O6/c1-53(2)29-16-12-27(13-17-29)51-52-28-14-18-30(19-15-28)54-43(57)33-21-20-32-34(38(33)45(54)59)23-36-44(58)55(31-11-7-10-26(50)22-31)46(60)47(36,25-8-5-4-6-9-25)39(32)35-24-37(61-3)42(56)41(49)40(35)48/h4-20,22,24,33-34,36,38-39,56H,21,23H2,1-3H3. The minimum Gasteiger partial charge on any atom is -0.503 e. The molecule has 5 aromatic rings. The van der Waals surface area contributed by atoms with Crippen molar-refractivity contribution >= 4 is 95.5 Å². The first-order chi connectivity index (χ1) is 29.4. The maximum Gasteiger partial charge on any atom is 0.246 e. The largest absolute Gasteiger partial charge is 0.503 e. The summed E-state index contributed by atoms with van der Waals surface area (Å²) in [5, 5.41) is 20.2. The Balaban J connectivity index is 1.15. The van der Waals surface area contributed by atoms with Crippen LogP contribution in [-0.2, 0) is 24.6 Å². The number of benzene rings is 5. The summed E-state index contributed by atoms with van der Waals surface area (Å²) in [7, 11) is 5.36. The number of ether oxygens (including phenoxy) is 1. The van der Waals surface area contributed by atoms with Crippen LogP contribution in [0.2, 0.25) is 5.02 Å². The zero-order valence-corrected chi connectivity index (χ0v) is 37.1. The number of anilines is 3. The first kappa shape index (κ1) is 40.8. The number of halogens is 3. The molecule has 0 spiro atoms. The Labute approximate surface area is 373 Å². The average Bonchev–Trinajstić information content (AvgIpc) is 3.66. The van der Waals surface area contributed by atoms with Gasteiger partial charge in [-0.2, -0.15) is 10.2 Å². The van der Waals surface area contributed by atoms with Crippen molar-refractivity contribution in [2.24, 2.45) is 33.9 Å². The molecule has 2 aliphatic heterocycles. The van der Waals surface area contributed by atoms with E-state index in [1.165, 1.54) is 16.9 Å². The monoisotopic (exact) mass is 961 g/mol. The van der Waals surface area contributed by atoms with Gasteiger partial charge < -0.3 is 14.7 Å². The summed E-state index contributed by atoms with van der Waals surface area (Å²) in [6, 6.07) is 32.0. The predicted molar refractivity (Wildman–Crippen MR) is 240 cm³/mol. The number of methoxy groups -OCH3 is 1. The highest BCUT2D eigenvalue weighted by Crippen LogP contribution is 2.66. The van der Waals surface area contributed by atoms with E-state index < -0.39 is 46.8 Å². The molecule has 0 aromatic heterocycles. The zero-order valence-electron chi connectivity index (χ0n) is 33.1. The minimum absolute atomic E-state index is 0.121. The Morgan fingerprint density at radius 3 is 2.08 bits per heavy atom. The van der Waals surface area contributed by atoms with Crippen LogP contribution in [0, 0.1) is 23.7 Å². The molecule has 2 heterocycles. The molecule has 2 saturated heterocycles. The van der Waals surface area contributed by atoms with E-state index in [1.54, 1.807) is 54.6 Å². The number of phenols is 1. The number of hydrogen-bond acceptors (Lipinski definition) is 9. The molecule has 308 valence electrons. The molecule has 6 atom stereocenters. The summed E-state index contributed by atoms with van der Waals surface area (Å²) in [6.45, 7) is 0. The Morgan fingerprint density at radius 2 is 1.44 bits per heavy atom. The molecule has 2 aliphatic carbocycles. The van der Waals surface area contributed by atoms with E-state index in [1.807, 2.05) is 79.7 Å². The van der Waals surface area contributed by atoms with Crippen LogP contribution in [0.1, 0.15) is 29.9 Å². The third kappa shape index (κ3) is 6.42. The van der Waals surface area contributed by atoms with Gasteiger partial charge in [0.15, 0.2) is 11.5 Å². The van der Waals surface area contributed by atoms with Crippen LogP contribution in [0.4, 0.5) is 28.4 Å². The number of allylic oxidation sites excluding steroid dienone is 2. The van der Waals surface area contributed by atoms with Crippen LogP contribution in [0.5, 0.6) is 11.5 Å². The molecule has 1 saturated carbocycles. The summed E-state index contributed by atoms with van der Waals surface area (Å²) in [6.07, 6.45) is 2.34. The summed E-state index contributed by atoms with van der Waals surface area (Å²) in [4.78, 5) is 64.5. The fourth-order valence-corrected chi connectivity index (χ4v) is 11.1. The van der Waals surface area contributed by atoms with Crippen LogP contribution in [0.15, 0.2) is 140 Å². The van der Waals surface area contributed by atoms with Gasteiger partial charge in [0.05, 0.1) is 57.5 Å². The molecule has 0 radical (unpaired) electrons. The zero-order chi connectivity index (χ0) is 42.9. The first-order valence-electron chi connectivity index (χ1n) is 19.7. The Kier molecular flexibility index (Phi) is 10.5. The predicted octanol–water partition coefficient (Wildman–Crippen LogP) is 10.4. The quantitative estimate of drug-likeness (QED) is 0.0930. The van der Waals surface area contributed by atoms with Crippen molar-refractivity contribution in [3.05, 3.63) is 146 Å². The normalized spacial score (nSPS) is 24.5. The molecule has 5 aromatic carbocycles. The number of amides is 4. The molecule has 9 rings (SSSR count). The Bertz CT molecular complexity index is 2690. The average molecular weight is 964 g/mol. The summed E-state index contributed by atoms with van der Waals surface area (Å²) < 4.78 is 6.40. The lowest BCUT2D eigenvalue weighted by Crippen LogP contribution is -2.53. The van der Waals surface area contributed by atoms with Crippen LogP contribution >= 0.6 is 43.5 Å². The van der Waals surface area contributed by atoms with Gasteiger partial charge in [0.1, 0.15) is 0 Å². The van der Waals surface area contributed by atoms with Crippen LogP contribution in [0.3, 0.4) is 0 Å². The molecule has 4 amide bonds. The second-order valence-electron chi connectivity index (χ2n) is 15.9. The maximum absolute atomic E-state index is 15.6. The number of nitrogens with zero attached hydrogens (tertiary/aromatic N) is 5. The second-order valence-corrected chi connectivity index (χ2v) is 17.9. The van der Waals surface area contributed by atoms with E-state index in [-0.39, 0.29) is 36.2 Å². The Hall–Kier alpha value is -5.63. The van der Waals surface area contributed by atoms with E-state index in [0.29, 0.717) is 47.8 Å². The van der Waals surface area contributed by atoms with E-state index in [2.05, 4.69) is 42.1 Å². The number of fused-ring (bicyclic) bond motifs is 4. The van der Waals surface area contributed by atoms with Gasteiger partial charge in [0.2, 0.25) is 23.6 Å². The maximum atomic E-state index is 15.6. The van der Waals surface area contributed by atoms with Gasteiger partial charge in [-0.25, -0.2) is 4.90 Å². The van der Waals surface area contributed by atoms with Gasteiger partial charge in [0, 0.05) is 35.2 Å². The molecule has 1 N–H and O–H groups in total. The molecule has 11 nitrogen and oxygen atoms in total. The van der Waals surface area contributed by atoms with E-state index in [4.69, 9.17) is 16.3 Å². The molecule has 14 heteroatoms. The number of rotatable bonds is 8. The summed E-state index contributed by atoms with van der Waals surface area (Å²) in [5.74, 6) is -5.56. The fourth-order valence-electron chi connectivity index (χ4n) is 9.92. The number of imide groups is 2. The van der Waals surface area contributed by atoms with Gasteiger partial charge in [0.25, 0.3) is 0 Å². The molecule has 0 bridgehead atoms. The van der Waals surface area contributed by atoms with Crippen molar-refractivity contribution in [1.82, 2.24) is 0 Å². The topological polar surface area (TPSA) is 132 Å². The molecule has 4 aliphatic rings. The van der Waals surface area contributed by atoms with Crippen molar-refractivity contribution in [2.45, 2.75) is 24.2 Å². The van der Waals surface area contributed by atoms with Crippen LogP contribution < -0.4 is 19.4 Å². The Morgan fingerprint density at radius 1 is 0.770 bits per heavy atom. The van der Waals surface area contributed by atoms with Gasteiger partial charge in [-0.05, 0) is 135 Å². The lowest BCUT2D eigenvalue weighted by molar-refractivity contribution is -0.127. The number of carbonyl (C=O) groups is 4. The number of hydrogen-bond donors (Lipinski definition) is 1. The van der Waals surface area contributed by atoms with Crippen molar-refractivity contribution in [1.29, 1.82) is 0 Å². The van der Waals surface area contributed by atoms with E-state index in [0.717, 1.165) is 11.3 Å². The van der Waals surface area contributed by atoms with E-state index >= 15 is 9.59 Å². The molecule has 61 heavy (non-hydrogen) atoms. The highest BCUT2D eigenvalue weighted by Gasteiger charge is 2.70. The first-order valence-corrected chi connectivity index (χ1v) is 21.6. The SMILES string of the molecule is COc1cc(C2C3=CCC4C(=O)N(c5ccc(N=Nc6ccc(N(C)C)cc6)cc5)C(=O)C4C3CC3C(=O)N(c4cccc(Cl)c4)C(=O)C32c2ccccc2)c(Br)c(Br)c1O. The van der Waals surface area contributed by atoms with Crippen LogP contribution in [0.25, 0.3) is 0 Å². The highest BCUT2D eigenvalue weighted by atomic mass is 79.9. The lowest BCUT2D eigenvalue weighted by Gasteiger charge is -2.51. The third-order valence-electron chi connectivity index (χ3n) is 12.6. The van der Waals surface area contributed by atoms with Gasteiger partial charge in [-0.15, -0.1) is 0 Å². The smallest absolute Gasteiger partial charge is 0.246 e. The number of azo groups is 1. The number of carbonyl (C=O) groups excluding carboxylic acids is 4. The van der Waals surface area contributed by atoms with Crippen LogP contribution in [-0.4, -0.2) is 49.9 Å². The van der Waals surface area contributed by atoms with Crippen molar-refractivity contribution < 1.29 is 29.0 Å². The van der Waals surface area contributed by atoms with Crippen molar-refractivity contribution in [2.75, 3.05) is 35.9 Å². The second kappa shape index (κ2) is 15.7. The minimum atomic E-state index is -1.52. The number of aromatic hydroxyl groups is 1. The van der Waals surface area contributed by atoms with Crippen molar-refractivity contribution in [3.8, 4) is 11.5 Å². The lowest BCUT2D eigenvalue weighted by atomic mass is 9.49. The fraction of sp³-hybridized carbons (Fsp3) is 0.234. The van der Waals surface area contributed by atoms with Gasteiger partial charge in [-0.1, -0.05) is 59.6 Å². The molecular weight excluding hydrogens is 926 g/mol. The molecule has 6 unspecified atom stereocenters. The summed E-state index contributed by atoms with van der Waals surface area (Å²) in [5.41, 5.74) is 3.40. The van der Waals surface area contributed by atoms with Gasteiger partial charge >= 0.3 is 0 Å². The van der Waals surface area contributed by atoms with Crippen molar-refractivity contribution in [3.63, 3.8) is 0 Å². The van der Waals surface area contributed by atoms with Gasteiger partial charge in [-0.3, -0.25) is 24.1 Å². The van der Waals surface area contributed by atoms with E-state index in [9.17, 15) is 14.7 Å². The highest BCUT2D eigenvalue weighted by molar-refractivity contribution is 9.13. The summed E-state index contributed by atoms with van der Waals surface area (Å²) >= 11 is 13.7. The molecule has 3 fully saturated rings. The number of phenolic OH excluding ortho intramolecular Hbond substituents is 1.